The van der Waals surface area contributed by atoms with Crippen LogP contribution in [-0.4, -0.2) is 78.1 Å². The third-order valence-corrected chi connectivity index (χ3v) is 7.57. The molecule has 172 valence electrons. The van der Waals surface area contributed by atoms with Gasteiger partial charge in [-0.05, 0) is 49.0 Å². The van der Waals surface area contributed by atoms with Gasteiger partial charge in [0.15, 0.2) is 5.13 Å². The molecule has 0 bridgehead atoms. The maximum atomic E-state index is 12.8. The smallest absolute Gasteiger partial charge is 0.271 e. The Kier molecular flexibility index (Phi) is 9.69. The van der Waals surface area contributed by atoms with Crippen molar-refractivity contribution in [3.05, 3.63) is 41.2 Å². The van der Waals surface area contributed by atoms with E-state index in [1.807, 2.05) is 6.26 Å². The van der Waals surface area contributed by atoms with Crippen molar-refractivity contribution in [1.82, 2.24) is 15.3 Å². The highest BCUT2D eigenvalue weighted by atomic mass is 32.2. The van der Waals surface area contributed by atoms with E-state index >= 15 is 0 Å². The number of thioether (sulfide) groups is 1. The summed E-state index contributed by atoms with van der Waals surface area (Å²) in [5.41, 5.74) is 0.880. The molecule has 2 rings (SSSR count). The van der Waals surface area contributed by atoms with Crippen molar-refractivity contribution < 1.29 is 23.4 Å². The zero-order valence-corrected chi connectivity index (χ0v) is 20.1. The lowest BCUT2D eigenvalue weighted by atomic mass is 9.96. The molecule has 0 radical (unpaired) electrons. The molecule has 0 aliphatic carbocycles. The van der Waals surface area contributed by atoms with E-state index in [0.717, 1.165) is 39.6 Å². The molecule has 2 aromatic heterocycles. The van der Waals surface area contributed by atoms with Crippen LogP contribution in [0.25, 0.3) is 0 Å². The molecule has 0 aliphatic rings. The molecule has 0 spiro atoms. The number of carbonyl (C=O) groups excluding carboxylic acids is 1. The molecule has 0 fully saturated rings. The Hall–Kier alpha value is -1.73. The first kappa shape index (κ1) is 25.5. The topological polar surface area (TPSA) is 133 Å². The minimum Gasteiger partial charge on any atom is -0.390 e. The molecule has 3 atom stereocenters. The first-order chi connectivity index (χ1) is 14.6. The SMILES string of the molecule is CSCCCC(O)C(O)C(Cc1ccncc1)NC(=O)c1csc(N(C)S(C)(=O)=O)n1. The second-order valence-electron chi connectivity index (χ2n) is 7.08. The van der Waals surface area contributed by atoms with E-state index in [9.17, 15) is 23.4 Å². The number of nitrogens with one attached hydrogen (secondary N) is 1. The quantitative estimate of drug-likeness (QED) is 0.379. The summed E-state index contributed by atoms with van der Waals surface area (Å²) in [6, 6.07) is 2.78. The highest BCUT2D eigenvalue weighted by molar-refractivity contribution is 7.98. The summed E-state index contributed by atoms with van der Waals surface area (Å²) in [6.07, 6.45) is 5.50. The van der Waals surface area contributed by atoms with Crippen LogP contribution in [0.5, 0.6) is 0 Å². The number of aliphatic hydroxyl groups excluding tert-OH is 2. The minimum absolute atomic E-state index is 0.0410. The monoisotopic (exact) mass is 488 g/mol. The highest BCUT2D eigenvalue weighted by Gasteiger charge is 2.29. The number of nitrogens with zero attached hydrogens (tertiary/aromatic N) is 3. The number of aliphatic hydroxyl groups is 2. The Labute approximate surface area is 191 Å². The van der Waals surface area contributed by atoms with Crippen LogP contribution < -0.4 is 9.62 Å². The largest absolute Gasteiger partial charge is 0.390 e. The van der Waals surface area contributed by atoms with Crippen molar-refractivity contribution in [2.75, 3.05) is 29.6 Å². The van der Waals surface area contributed by atoms with Crippen LogP contribution in [0, 0.1) is 0 Å². The normalized spacial score (nSPS) is 14.6. The van der Waals surface area contributed by atoms with Crippen molar-refractivity contribution >= 4 is 44.2 Å². The van der Waals surface area contributed by atoms with E-state index in [4.69, 9.17) is 0 Å². The number of hydrogen-bond acceptors (Lipinski definition) is 9. The standard InChI is InChI=1S/C19H28N4O5S3/c1-23(31(3,27)28)19-22-15(12-30-19)18(26)21-14(11-13-6-8-20-9-7-13)17(25)16(24)5-4-10-29-2/h6-9,12,14,16-17,24-25H,4-5,10-11H2,1-3H3,(H,21,26). The Morgan fingerprint density at radius 3 is 2.61 bits per heavy atom. The lowest BCUT2D eigenvalue weighted by Gasteiger charge is -2.28. The zero-order chi connectivity index (χ0) is 23.0. The van der Waals surface area contributed by atoms with Crippen molar-refractivity contribution in [3.8, 4) is 0 Å². The molecule has 2 heterocycles. The average molecular weight is 489 g/mol. The molecule has 0 aliphatic heterocycles. The predicted molar refractivity (Wildman–Crippen MR) is 124 cm³/mol. The van der Waals surface area contributed by atoms with Gasteiger partial charge in [0.1, 0.15) is 11.8 Å². The van der Waals surface area contributed by atoms with Gasteiger partial charge in [0.05, 0.1) is 18.4 Å². The molecular weight excluding hydrogens is 460 g/mol. The van der Waals surface area contributed by atoms with Gasteiger partial charge in [0.25, 0.3) is 5.91 Å². The van der Waals surface area contributed by atoms with Crippen LogP contribution >= 0.6 is 23.1 Å². The number of anilines is 1. The molecule has 0 saturated carbocycles. The van der Waals surface area contributed by atoms with Gasteiger partial charge in [0.2, 0.25) is 10.0 Å². The van der Waals surface area contributed by atoms with Crippen LogP contribution in [0.4, 0.5) is 5.13 Å². The Bertz CT molecular complexity index is 939. The van der Waals surface area contributed by atoms with Crippen molar-refractivity contribution in [2.45, 2.75) is 37.5 Å². The summed E-state index contributed by atoms with van der Waals surface area (Å²) >= 11 is 2.68. The lowest BCUT2D eigenvalue weighted by molar-refractivity contribution is -0.00734. The first-order valence-electron chi connectivity index (χ1n) is 9.57. The molecule has 0 aromatic carbocycles. The van der Waals surface area contributed by atoms with Crippen molar-refractivity contribution in [1.29, 1.82) is 0 Å². The zero-order valence-electron chi connectivity index (χ0n) is 17.6. The number of sulfonamides is 1. The first-order valence-corrected chi connectivity index (χ1v) is 13.7. The summed E-state index contributed by atoms with van der Waals surface area (Å²) in [4.78, 5) is 20.8. The summed E-state index contributed by atoms with van der Waals surface area (Å²) in [7, 11) is -2.14. The Morgan fingerprint density at radius 1 is 1.32 bits per heavy atom. The van der Waals surface area contributed by atoms with Crippen LogP contribution in [0.15, 0.2) is 29.9 Å². The van der Waals surface area contributed by atoms with E-state index in [1.54, 1.807) is 36.3 Å². The molecule has 3 unspecified atom stereocenters. The number of carbonyl (C=O) groups is 1. The highest BCUT2D eigenvalue weighted by Crippen LogP contribution is 2.22. The molecule has 3 N–H and O–H groups in total. The van der Waals surface area contributed by atoms with Gasteiger partial charge < -0.3 is 15.5 Å². The van der Waals surface area contributed by atoms with Crippen LogP contribution in [-0.2, 0) is 16.4 Å². The second kappa shape index (κ2) is 11.8. The molecule has 31 heavy (non-hydrogen) atoms. The number of hydrogen-bond donors (Lipinski definition) is 3. The number of rotatable bonds is 12. The molecular formula is C19H28N4O5S3. The van der Waals surface area contributed by atoms with E-state index in [0.29, 0.717) is 6.42 Å². The van der Waals surface area contributed by atoms with Gasteiger partial charge in [-0.15, -0.1) is 11.3 Å². The maximum Gasteiger partial charge on any atom is 0.271 e. The fourth-order valence-electron chi connectivity index (χ4n) is 2.80. The molecule has 0 saturated heterocycles. The summed E-state index contributed by atoms with van der Waals surface area (Å²) in [6.45, 7) is 0. The third-order valence-electron chi connectivity index (χ3n) is 4.67. The fraction of sp³-hybridized carbons (Fsp3) is 0.526. The minimum atomic E-state index is -3.50. The van der Waals surface area contributed by atoms with Crippen LogP contribution in [0.3, 0.4) is 0 Å². The predicted octanol–water partition coefficient (Wildman–Crippen LogP) is 1.14. The van der Waals surface area contributed by atoms with Gasteiger partial charge in [-0.1, -0.05) is 0 Å². The summed E-state index contributed by atoms with van der Waals surface area (Å²) < 4.78 is 24.4. The van der Waals surface area contributed by atoms with Crippen LogP contribution in [0.2, 0.25) is 0 Å². The second-order valence-corrected chi connectivity index (χ2v) is 10.9. The Morgan fingerprint density at radius 2 is 2.00 bits per heavy atom. The molecule has 2 aromatic rings. The van der Waals surface area contributed by atoms with Crippen molar-refractivity contribution in [3.63, 3.8) is 0 Å². The number of pyridine rings is 1. The number of amides is 1. The van der Waals surface area contributed by atoms with E-state index in [2.05, 4.69) is 15.3 Å². The third kappa shape index (κ3) is 7.72. The van der Waals surface area contributed by atoms with Gasteiger partial charge in [0, 0.05) is 24.8 Å². The molecule has 9 nitrogen and oxygen atoms in total. The average Bonchev–Trinajstić information content (AvgIpc) is 3.22. The van der Waals surface area contributed by atoms with E-state index in [-0.39, 0.29) is 17.2 Å². The Balaban J connectivity index is 2.16. The lowest BCUT2D eigenvalue weighted by Crippen LogP contribution is -2.50. The van der Waals surface area contributed by atoms with Gasteiger partial charge in [-0.3, -0.25) is 9.78 Å². The fourth-order valence-corrected chi connectivity index (χ4v) is 4.79. The van der Waals surface area contributed by atoms with Crippen molar-refractivity contribution in [2.24, 2.45) is 0 Å². The van der Waals surface area contributed by atoms with Gasteiger partial charge in [-0.2, -0.15) is 11.8 Å². The maximum absolute atomic E-state index is 12.8. The number of thiazole rings is 1. The van der Waals surface area contributed by atoms with Gasteiger partial charge in [-0.25, -0.2) is 17.7 Å². The van der Waals surface area contributed by atoms with E-state index in [1.165, 1.54) is 12.4 Å². The molecule has 12 heteroatoms. The summed E-state index contributed by atoms with van der Waals surface area (Å²) in [5.74, 6) is 0.305. The summed E-state index contributed by atoms with van der Waals surface area (Å²) in [5, 5.41) is 25.5. The van der Waals surface area contributed by atoms with E-state index < -0.39 is 34.2 Å². The van der Waals surface area contributed by atoms with Gasteiger partial charge >= 0.3 is 0 Å². The van der Waals surface area contributed by atoms with Crippen LogP contribution in [0.1, 0.15) is 28.9 Å². The molecule has 1 amide bonds. The number of aromatic nitrogens is 2.